The maximum absolute atomic E-state index is 13.6. The third-order valence-corrected chi connectivity index (χ3v) is 6.33. The Hall–Kier alpha value is -3.12. The second kappa shape index (κ2) is 8.10. The van der Waals surface area contributed by atoms with E-state index in [1.165, 1.54) is 28.5 Å². The summed E-state index contributed by atoms with van der Waals surface area (Å²) in [5, 5.41) is 10.3. The molecule has 0 bridgehead atoms. The molecule has 164 valence electrons. The second-order valence-electron chi connectivity index (χ2n) is 8.75. The molecule has 32 heavy (non-hydrogen) atoms. The summed E-state index contributed by atoms with van der Waals surface area (Å²) in [4.78, 5) is 4.49. The molecule has 1 saturated carbocycles. The van der Waals surface area contributed by atoms with Gasteiger partial charge in [0, 0.05) is 36.1 Å². The molecule has 0 aliphatic heterocycles. The molecule has 1 N–H and O–H groups in total. The van der Waals surface area contributed by atoms with Crippen molar-refractivity contribution >= 4 is 10.8 Å². The molecule has 1 fully saturated rings. The molecule has 5 rings (SSSR count). The fraction of sp³-hybridized carbons (Fsp3) is 0.308. The van der Waals surface area contributed by atoms with E-state index in [0.717, 1.165) is 19.8 Å². The zero-order valence-corrected chi connectivity index (χ0v) is 18.1. The van der Waals surface area contributed by atoms with Crippen LogP contribution in [0.5, 0.6) is 0 Å². The van der Waals surface area contributed by atoms with E-state index >= 15 is 0 Å². The molecular weight excluding hydrogens is 408 g/mol. The van der Waals surface area contributed by atoms with Gasteiger partial charge in [0.05, 0.1) is 0 Å². The Kier molecular flexibility index (Phi) is 5.25. The Morgan fingerprint density at radius 1 is 1.03 bits per heavy atom. The first-order valence-corrected chi connectivity index (χ1v) is 10.9. The van der Waals surface area contributed by atoms with E-state index in [1.807, 2.05) is 0 Å². The molecule has 0 radical (unpaired) electrons. The van der Waals surface area contributed by atoms with Crippen molar-refractivity contribution in [1.82, 2.24) is 15.5 Å². The summed E-state index contributed by atoms with van der Waals surface area (Å²) in [5.41, 5.74) is 1.77. The molecule has 4 nitrogen and oxygen atoms in total. The molecule has 6 heteroatoms. The van der Waals surface area contributed by atoms with E-state index in [2.05, 4.69) is 64.8 Å². The maximum Gasteiger partial charge on any atom is 0.270 e. The van der Waals surface area contributed by atoms with Crippen molar-refractivity contribution in [2.45, 2.75) is 50.6 Å². The minimum absolute atomic E-state index is 0.0586. The fourth-order valence-electron chi connectivity index (χ4n) is 4.48. The van der Waals surface area contributed by atoms with Crippen molar-refractivity contribution in [2.75, 3.05) is 0 Å². The van der Waals surface area contributed by atoms with Gasteiger partial charge in [0.2, 0.25) is 11.7 Å². The van der Waals surface area contributed by atoms with Crippen LogP contribution in [0.25, 0.3) is 22.2 Å². The lowest BCUT2D eigenvalue weighted by Crippen LogP contribution is -2.41. The third kappa shape index (κ3) is 4.02. The summed E-state index contributed by atoms with van der Waals surface area (Å²) in [5.74, 6) is -1.80. The molecule has 4 aromatic rings. The van der Waals surface area contributed by atoms with Crippen molar-refractivity contribution in [2.24, 2.45) is 0 Å². The summed E-state index contributed by atoms with van der Waals surface area (Å²) in [7, 11) is 0. The zero-order chi connectivity index (χ0) is 22.3. The van der Waals surface area contributed by atoms with Crippen LogP contribution in [-0.2, 0) is 5.92 Å². The van der Waals surface area contributed by atoms with Gasteiger partial charge in [-0.25, -0.2) is 8.78 Å². The van der Waals surface area contributed by atoms with E-state index in [4.69, 9.17) is 4.52 Å². The van der Waals surface area contributed by atoms with Crippen LogP contribution in [0.1, 0.15) is 55.7 Å². The predicted octanol–water partition coefficient (Wildman–Crippen LogP) is 6.60. The van der Waals surface area contributed by atoms with Gasteiger partial charge in [0.25, 0.3) is 5.92 Å². The number of fused-ring (bicyclic) bond motifs is 1. The van der Waals surface area contributed by atoms with Crippen molar-refractivity contribution in [3.05, 3.63) is 83.7 Å². The van der Waals surface area contributed by atoms with Crippen molar-refractivity contribution in [3.63, 3.8) is 0 Å². The molecule has 0 unspecified atom stereocenters. The first kappa shape index (κ1) is 20.8. The largest absolute Gasteiger partial charge is 0.339 e. The molecule has 1 heterocycles. The van der Waals surface area contributed by atoms with Gasteiger partial charge in [-0.3, -0.25) is 0 Å². The topological polar surface area (TPSA) is 51.0 Å². The maximum atomic E-state index is 13.6. The summed E-state index contributed by atoms with van der Waals surface area (Å²) in [6.07, 6.45) is 1.81. The van der Waals surface area contributed by atoms with Gasteiger partial charge in [0.1, 0.15) is 0 Å². The molecule has 3 aromatic carbocycles. The van der Waals surface area contributed by atoms with E-state index in [-0.39, 0.29) is 17.5 Å². The Morgan fingerprint density at radius 2 is 1.78 bits per heavy atom. The number of halogens is 2. The molecule has 1 aliphatic rings. The van der Waals surface area contributed by atoms with Gasteiger partial charge in [-0.15, -0.1) is 0 Å². The SMILES string of the molecule is C[C@@H](NC1CC(c2nc(-c3cccc(C(C)(F)F)c3)no2)C1)c1cccc2ccccc12. The fourth-order valence-corrected chi connectivity index (χ4v) is 4.48. The number of benzene rings is 3. The number of alkyl halides is 2. The normalized spacial score (nSPS) is 19.6. The molecular formula is C26H25F2N3O. The van der Waals surface area contributed by atoms with E-state index < -0.39 is 5.92 Å². The lowest BCUT2D eigenvalue weighted by molar-refractivity contribution is 0.0175. The van der Waals surface area contributed by atoms with Crippen molar-refractivity contribution < 1.29 is 13.3 Å². The smallest absolute Gasteiger partial charge is 0.270 e. The van der Waals surface area contributed by atoms with Crippen LogP contribution in [0.4, 0.5) is 8.78 Å². The number of hydrogen-bond acceptors (Lipinski definition) is 4. The number of rotatable bonds is 6. The summed E-state index contributed by atoms with van der Waals surface area (Å²) >= 11 is 0. The number of nitrogens with zero attached hydrogens (tertiary/aromatic N) is 2. The van der Waals surface area contributed by atoms with Gasteiger partial charge in [-0.2, -0.15) is 4.98 Å². The first-order valence-electron chi connectivity index (χ1n) is 10.9. The highest BCUT2D eigenvalue weighted by Crippen LogP contribution is 2.38. The first-order chi connectivity index (χ1) is 15.4. The average Bonchev–Trinajstić information content (AvgIpc) is 3.24. The highest BCUT2D eigenvalue weighted by molar-refractivity contribution is 5.86. The number of hydrogen-bond donors (Lipinski definition) is 1. The van der Waals surface area contributed by atoms with Gasteiger partial charge in [-0.1, -0.05) is 65.8 Å². The van der Waals surface area contributed by atoms with Crippen LogP contribution in [0.3, 0.4) is 0 Å². The highest BCUT2D eigenvalue weighted by atomic mass is 19.3. The van der Waals surface area contributed by atoms with Gasteiger partial charge >= 0.3 is 0 Å². The predicted molar refractivity (Wildman–Crippen MR) is 121 cm³/mol. The lowest BCUT2D eigenvalue weighted by atomic mass is 9.79. The quantitative estimate of drug-likeness (QED) is 0.372. The standard InChI is InChI=1S/C26H25F2N3O/c1-16(22-12-6-8-17-7-3-4-11-23(17)22)29-21-14-19(15-21)25-30-24(31-32-25)18-9-5-10-20(13-18)26(2,27)28/h3-13,16,19,21,29H,14-15H2,1-2H3/t16-,19?,21?/m1/s1. The van der Waals surface area contributed by atoms with Crippen molar-refractivity contribution in [1.29, 1.82) is 0 Å². The molecule has 1 aliphatic carbocycles. The van der Waals surface area contributed by atoms with Crippen LogP contribution in [0.15, 0.2) is 71.3 Å². The monoisotopic (exact) mass is 433 g/mol. The van der Waals surface area contributed by atoms with Gasteiger partial charge in [0.15, 0.2) is 0 Å². The Labute approximate surface area is 185 Å². The van der Waals surface area contributed by atoms with Crippen LogP contribution in [0.2, 0.25) is 0 Å². The number of aromatic nitrogens is 2. The van der Waals surface area contributed by atoms with E-state index in [1.54, 1.807) is 12.1 Å². The van der Waals surface area contributed by atoms with Crippen LogP contribution in [0, 0.1) is 0 Å². The molecule has 0 saturated heterocycles. The van der Waals surface area contributed by atoms with Gasteiger partial charge in [-0.05, 0) is 42.2 Å². The highest BCUT2D eigenvalue weighted by Gasteiger charge is 2.35. The Balaban J connectivity index is 1.23. The zero-order valence-electron chi connectivity index (χ0n) is 18.1. The Bertz CT molecular complexity index is 1240. The van der Waals surface area contributed by atoms with Crippen LogP contribution in [-0.4, -0.2) is 16.2 Å². The van der Waals surface area contributed by atoms with Crippen molar-refractivity contribution in [3.8, 4) is 11.4 Å². The minimum Gasteiger partial charge on any atom is -0.339 e. The average molecular weight is 434 g/mol. The summed E-state index contributed by atoms with van der Waals surface area (Å²) in [6, 6.07) is 21.6. The Morgan fingerprint density at radius 3 is 2.59 bits per heavy atom. The third-order valence-electron chi connectivity index (χ3n) is 6.33. The molecule has 0 spiro atoms. The summed E-state index contributed by atoms with van der Waals surface area (Å²) < 4.78 is 32.7. The minimum atomic E-state index is -2.91. The summed E-state index contributed by atoms with van der Waals surface area (Å²) in [6.45, 7) is 3.07. The van der Waals surface area contributed by atoms with E-state index in [0.29, 0.717) is 23.3 Å². The van der Waals surface area contributed by atoms with Crippen LogP contribution < -0.4 is 5.32 Å². The molecule has 1 aromatic heterocycles. The second-order valence-corrected chi connectivity index (χ2v) is 8.75. The number of nitrogens with one attached hydrogen (secondary N) is 1. The van der Waals surface area contributed by atoms with Crippen LogP contribution >= 0.6 is 0 Å². The van der Waals surface area contributed by atoms with Gasteiger partial charge < -0.3 is 9.84 Å². The molecule has 0 amide bonds. The lowest BCUT2D eigenvalue weighted by Gasteiger charge is -2.36. The molecule has 1 atom stereocenters. The van der Waals surface area contributed by atoms with E-state index in [9.17, 15) is 8.78 Å².